The third-order valence-electron chi connectivity index (χ3n) is 5.54. The highest BCUT2D eigenvalue weighted by atomic mass is 32.2. The molecule has 1 atom stereocenters. The zero-order valence-corrected chi connectivity index (χ0v) is 16.7. The Balaban J connectivity index is 1.43. The summed E-state index contributed by atoms with van der Waals surface area (Å²) in [6.45, 7) is 3.78. The second-order valence-electron chi connectivity index (χ2n) is 7.48. The van der Waals surface area contributed by atoms with Gasteiger partial charge in [-0.1, -0.05) is 30.3 Å². The van der Waals surface area contributed by atoms with Gasteiger partial charge in [0, 0.05) is 31.3 Å². The van der Waals surface area contributed by atoms with Gasteiger partial charge in [0.25, 0.3) is 10.0 Å². The van der Waals surface area contributed by atoms with Gasteiger partial charge in [-0.2, -0.15) is 8.42 Å². The van der Waals surface area contributed by atoms with E-state index < -0.39 is 10.0 Å². The van der Waals surface area contributed by atoms with Crippen LogP contribution in [-0.4, -0.2) is 56.9 Å². The molecular formula is C20H25N3O4S. The van der Waals surface area contributed by atoms with Gasteiger partial charge in [-0.3, -0.25) is 4.79 Å². The fraction of sp³-hybridized carbons (Fsp3) is 0.500. The van der Waals surface area contributed by atoms with E-state index in [1.165, 1.54) is 0 Å². The highest BCUT2D eigenvalue weighted by Crippen LogP contribution is 2.34. The Hall–Kier alpha value is -2.19. The van der Waals surface area contributed by atoms with Crippen LogP contribution in [0.1, 0.15) is 38.2 Å². The number of likely N-dealkylation sites (tertiary alicyclic amines) is 1. The first-order valence-electron chi connectivity index (χ1n) is 9.74. The molecule has 1 aromatic carbocycles. The molecule has 4 rings (SSSR count). The van der Waals surface area contributed by atoms with E-state index in [0.29, 0.717) is 36.7 Å². The first-order valence-corrected chi connectivity index (χ1v) is 11.2. The second kappa shape index (κ2) is 7.67. The summed E-state index contributed by atoms with van der Waals surface area (Å²) in [6.07, 6.45) is 2.91. The van der Waals surface area contributed by atoms with Crippen LogP contribution in [0.25, 0.3) is 4.91 Å². The minimum absolute atomic E-state index is 0.0285. The molecule has 1 N–H and O–H groups in total. The van der Waals surface area contributed by atoms with E-state index in [-0.39, 0.29) is 23.0 Å². The average molecular weight is 404 g/mol. The Kier molecular flexibility index (Phi) is 5.25. The fourth-order valence-electron chi connectivity index (χ4n) is 4.09. The molecule has 28 heavy (non-hydrogen) atoms. The van der Waals surface area contributed by atoms with Crippen LogP contribution in [0.4, 0.5) is 0 Å². The summed E-state index contributed by atoms with van der Waals surface area (Å²) in [5, 5.41) is 3.07. The molecule has 8 heteroatoms. The molecule has 2 fully saturated rings. The molecule has 7 nitrogen and oxygen atoms in total. The van der Waals surface area contributed by atoms with Crippen LogP contribution in [0, 0.1) is 0 Å². The smallest absolute Gasteiger partial charge is 0.285 e. The summed E-state index contributed by atoms with van der Waals surface area (Å²) in [5.74, 6) is 0.502. The molecule has 2 saturated heterocycles. The van der Waals surface area contributed by atoms with E-state index in [0.717, 1.165) is 25.7 Å². The summed E-state index contributed by atoms with van der Waals surface area (Å²) in [5.41, 5.74) is 1.35. The van der Waals surface area contributed by atoms with E-state index in [2.05, 4.69) is 9.71 Å². The number of ether oxygens (including phenoxy) is 1. The summed E-state index contributed by atoms with van der Waals surface area (Å²) < 4.78 is 34.8. The third kappa shape index (κ3) is 3.71. The maximum atomic E-state index is 12.6. The zero-order valence-electron chi connectivity index (χ0n) is 15.9. The van der Waals surface area contributed by atoms with E-state index >= 15 is 0 Å². The first-order chi connectivity index (χ1) is 13.5. The van der Waals surface area contributed by atoms with E-state index in [1.807, 2.05) is 30.0 Å². The molecule has 150 valence electrons. The van der Waals surface area contributed by atoms with Crippen molar-refractivity contribution in [2.45, 2.75) is 44.8 Å². The van der Waals surface area contributed by atoms with Gasteiger partial charge in [-0.15, -0.1) is 4.40 Å². The lowest BCUT2D eigenvalue weighted by atomic mass is 10.0. The van der Waals surface area contributed by atoms with Crippen molar-refractivity contribution in [2.75, 3.05) is 19.7 Å². The van der Waals surface area contributed by atoms with Crippen LogP contribution in [-0.2, 0) is 19.6 Å². The van der Waals surface area contributed by atoms with Crippen molar-refractivity contribution < 1.29 is 17.9 Å². The van der Waals surface area contributed by atoms with Gasteiger partial charge in [-0.25, -0.2) is 0 Å². The number of nitrogens with zero attached hydrogens (tertiary/aromatic N) is 2. The molecule has 3 heterocycles. The molecule has 3 aliphatic rings. The number of benzene rings is 1. The van der Waals surface area contributed by atoms with E-state index in [1.54, 1.807) is 12.1 Å². The summed E-state index contributed by atoms with van der Waals surface area (Å²) in [7, 11) is -3.69. The van der Waals surface area contributed by atoms with Crippen LogP contribution in [0.15, 0.2) is 40.3 Å². The minimum Gasteiger partial charge on any atom is -0.368 e. The number of hydrogen-bond acceptors (Lipinski definition) is 5. The van der Waals surface area contributed by atoms with Crippen molar-refractivity contribution in [3.05, 3.63) is 41.5 Å². The van der Waals surface area contributed by atoms with Crippen molar-refractivity contribution in [1.29, 1.82) is 0 Å². The minimum atomic E-state index is -3.69. The Morgan fingerprint density at radius 2 is 1.89 bits per heavy atom. The maximum absolute atomic E-state index is 12.6. The van der Waals surface area contributed by atoms with Crippen molar-refractivity contribution in [3.63, 3.8) is 0 Å². The molecule has 0 bridgehead atoms. The van der Waals surface area contributed by atoms with Crippen LogP contribution in [0.2, 0.25) is 0 Å². The van der Waals surface area contributed by atoms with Crippen molar-refractivity contribution in [1.82, 2.24) is 10.2 Å². The molecule has 1 unspecified atom stereocenters. The molecule has 0 saturated carbocycles. The number of amides is 1. The Bertz CT molecular complexity index is 910. The monoisotopic (exact) mass is 403 g/mol. The predicted molar refractivity (Wildman–Crippen MR) is 107 cm³/mol. The van der Waals surface area contributed by atoms with E-state index in [4.69, 9.17) is 4.74 Å². The van der Waals surface area contributed by atoms with Gasteiger partial charge in [0.05, 0.1) is 0 Å². The largest absolute Gasteiger partial charge is 0.368 e. The van der Waals surface area contributed by atoms with Gasteiger partial charge in [-0.05, 0) is 38.2 Å². The topological polar surface area (TPSA) is 88.1 Å². The standard InChI is InChI=1S/C20H25N3O4S/c1-14-18(15-6-3-2-4-7-15)28(25,26)22-19(14)23-11-9-16(10-12-23)21-20(24)17-8-5-13-27-17/h2-4,6-7,16-17H,5,8-13H2,1H3,(H,21,24). The average Bonchev–Trinajstić information content (AvgIpc) is 3.30. The molecule has 0 radical (unpaired) electrons. The molecule has 0 spiro atoms. The Morgan fingerprint density at radius 3 is 2.54 bits per heavy atom. The van der Waals surface area contributed by atoms with Crippen molar-refractivity contribution >= 4 is 26.7 Å². The predicted octanol–water partition coefficient (Wildman–Crippen LogP) is 1.92. The van der Waals surface area contributed by atoms with Crippen molar-refractivity contribution in [3.8, 4) is 0 Å². The van der Waals surface area contributed by atoms with E-state index in [9.17, 15) is 13.2 Å². The lowest BCUT2D eigenvalue weighted by Gasteiger charge is -2.34. The Morgan fingerprint density at radius 1 is 1.18 bits per heavy atom. The quantitative estimate of drug-likeness (QED) is 0.833. The zero-order chi connectivity index (χ0) is 19.7. The molecule has 3 aliphatic heterocycles. The van der Waals surface area contributed by atoms with Gasteiger partial charge >= 0.3 is 0 Å². The normalized spacial score (nSPS) is 25.1. The first kappa shape index (κ1) is 19.1. The maximum Gasteiger partial charge on any atom is 0.285 e. The second-order valence-corrected chi connectivity index (χ2v) is 9.02. The number of carbonyl (C=O) groups excluding carboxylic acids is 1. The number of nitrogens with one attached hydrogen (secondary N) is 1. The number of piperidine rings is 1. The molecular weight excluding hydrogens is 378 g/mol. The van der Waals surface area contributed by atoms with Crippen LogP contribution in [0.3, 0.4) is 0 Å². The number of rotatable bonds is 3. The van der Waals surface area contributed by atoms with Crippen molar-refractivity contribution in [2.24, 2.45) is 4.40 Å². The SMILES string of the molecule is CC1=C(c2ccccc2)S(=O)(=O)N=C1N1CCC(NC(=O)C2CCCO2)CC1. The summed E-state index contributed by atoms with van der Waals surface area (Å²) in [6, 6.07) is 9.18. The van der Waals surface area contributed by atoms with Crippen LogP contribution < -0.4 is 5.32 Å². The van der Waals surface area contributed by atoms with Gasteiger partial charge in [0.2, 0.25) is 5.91 Å². The lowest BCUT2D eigenvalue weighted by Crippen LogP contribution is -2.48. The van der Waals surface area contributed by atoms with Crippen LogP contribution in [0.5, 0.6) is 0 Å². The highest BCUT2D eigenvalue weighted by molar-refractivity contribution is 8.00. The summed E-state index contributed by atoms with van der Waals surface area (Å²) in [4.78, 5) is 14.5. The molecule has 1 aromatic rings. The van der Waals surface area contributed by atoms with Crippen LogP contribution >= 0.6 is 0 Å². The highest BCUT2D eigenvalue weighted by Gasteiger charge is 2.35. The molecule has 0 aliphatic carbocycles. The molecule has 0 aromatic heterocycles. The van der Waals surface area contributed by atoms with Gasteiger partial charge in [0.1, 0.15) is 16.8 Å². The molecule has 1 amide bonds. The van der Waals surface area contributed by atoms with Gasteiger partial charge in [0.15, 0.2) is 0 Å². The number of sulfonamides is 1. The van der Waals surface area contributed by atoms with Gasteiger partial charge < -0.3 is 15.0 Å². The third-order valence-corrected chi connectivity index (χ3v) is 7.01. The lowest BCUT2D eigenvalue weighted by molar-refractivity contribution is -0.131. The number of amidine groups is 1. The summed E-state index contributed by atoms with van der Waals surface area (Å²) >= 11 is 0. The fourth-order valence-corrected chi connectivity index (χ4v) is 5.57. The number of carbonyl (C=O) groups is 1. The number of hydrogen-bond donors (Lipinski definition) is 1. The Labute approximate surface area is 165 Å².